The molecule has 0 aliphatic heterocycles. The Morgan fingerprint density at radius 2 is 2.11 bits per heavy atom. The maximum absolute atomic E-state index is 11.3. The Bertz CT molecular complexity index is 439. The van der Waals surface area contributed by atoms with E-state index in [1.54, 1.807) is 12.1 Å². The van der Waals surface area contributed by atoms with E-state index in [1.807, 2.05) is 6.07 Å². The minimum atomic E-state index is -0.909. The lowest BCUT2D eigenvalue weighted by molar-refractivity contribution is 0.0697. The first kappa shape index (κ1) is 12.7. The fourth-order valence-corrected chi connectivity index (χ4v) is 2.82. The monoisotopic (exact) mass is 248 g/mol. The second kappa shape index (κ2) is 5.29. The van der Waals surface area contributed by atoms with Gasteiger partial charge in [0, 0.05) is 18.3 Å². The summed E-state index contributed by atoms with van der Waals surface area (Å²) in [6.07, 6.45) is 4.77. The number of nitrogen functional groups attached to an aromatic ring is 1. The first-order valence-corrected chi connectivity index (χ1v) is 6.53. The minimum Gasteiger partial charge on any atom is -0.478 e. The summed E-state index contributed by atoms with van der Waals surface area (Å²) in [5.74, 6) is -0.909. The Kier molecular flexibility index (Phi) is 3.75. The van der Waals surface area contributed by atoms with Gasteiger partial charge in [0.15, 0.2) is 0 Å². The predicted octanol–water partition coefficient (Wildman–Crippen LogP) is 2.74. The van der Waals surface area contributed by atoms with Crippen LogP contribution in [-0.4, -0.2) is 23.7 Å². The number of benzene rings is 1. The molecule has 3 N–H and O–H groups in total. The lowest BCUT2D eigenvalue weighted by Crippen LogP contribution is -2.34. The molecule has 0 heterocycles. The van der Waals surface area contributed by atoms with Crippen LogP contribution < -0.4 is 10.6 Å². The smallest absolute Gasteiger partial charge is 0.337 e. The van der Waals surface area contributed by atoms with Gasteiger partial charge in [0.25, 0.3) is 0 Å². The zero-order valence-electron chi connectivity index (χ0n) is 10.7. The number of nitrogens with two attached hydrogens (primary N) is 1. The SMILES string of the molecule is CCN(c1ccc(N)cc1C(=O)O)C1CCCC1. The maximum Gasteiger partial charge on any atom is 0.337 e. The maximum atomic E-state index is 11.3. The van der Waals surface area contributed by atoms with Gasteiger partial charge in [-0.25, -0.2) is 4.79 Å². The number of carboxylic acid groups (broad SMARTS) is 1. The van der Waals surface area contributed by atoms with Crippen molar-refractivity contribution in [2.75, 3.05) is 17.2 Å². The van der Waals surface area contributed by atoms with Gasteiger partial charge in [0.2, 0.25) is 0 Å². The molecule has 1 aliphatic carbocycles. The fourth-order valence-electron chi connectivity index (χ4n) is 2.82. The molecule has 1 saturated carbocycles. The van der Waals surface area contributed by atoms with Crippen LogP contribution in [0, 0.1) is 0 Å². The van der Waals surface area contributed by atoms with Crippen molar-refractivity contribution in [2.45, 2.75) is 38.6 Å². The standard InChI is InChI=1S/C14H20N2O2/c1-2-16(11-5-3-4-6-11)13-8-7-10(15)9-12(13)14(17)18/h7-9,11H,2-6,15H2,1H3,(H,17,18). The van der Waals surface area contributed by atoms with E-state index in [4.69, 9.17) is 5.73 Å². The van der Waals surface area contributed by atoms with E-state index in [0.717, 1.165) is 25.1 Å². The summed E-state index contributed by atoms with van der Waals surface area (Å²) in [4.78, 5) is 13.5. The van der Waals surface area contributed by atoms with Crippen molar-refractivity contribution >= 4 is 17.3 Å². The van der Waals surface area contributed by atoms with Crippen LogP contribution in [0.3, 0.4) is 0 Å². The zero-order chi connectivity index (χ0) is 13.1. The van der Waals surface area contributed by atoms with E-state index in [-0.39, 0.29) is 0 Å². The van der Waals surface area contributed by atoms with Gasteiger partial charge >= 0.3 is 5.97 Å². The van der Waals surface area contributed by atoms with Crippen molar-refractivity contribution in [3.63, 3.8) is 0 Å². The molecular formula is C14H20N2O2. The lowest BCUT2D eigenvalue weighted by atomic mass is 10.1. The van der Waals surface area contributed by atoms with Crippen LogP contribution in [0.25, 0.3) is 0 Å². The molecule has 4 heteroatoms. The Labute approximate surface area is 107 Å². The fraction of sp³-hybridized carbons (Fsp3) is 0.500. The zero-order valence-corrected chi connectivity index (χ0v) is 10.7. The molecule has 98 valence electrons. The molecule has 0 spiro atoms. The lowest BCUT2D eigenvalue weighted by Gasteiger charge is -2.31. The van der Waals surface area contributed by atoms with E-state index >= 15 is 0 Å². The number of anilines is 2. The topological polar surface area (TPSA) is 66.6 Å². The molecule has 0 amide bonds. The van der Waals surface area contributed by atoms with Gasteiger partial charge in [0.1, 0.15) is 0 Å². The molecule has 4 nitrogen and oxygen atoms in total. The van der Waals surface area contributed by atoms with E-state index in [2.05, 4.69) is 11.8 Å². The van der Waals surface area contributed by atoms with Crippen LogP contribution in [0.1, 0.15) is 43.0 Å². The molecule has 0 bridgehead atoms. The number of hydrogen-bond acceptors (Lipinski definition) is 3. The van der Waals surface area contributed by atoms with Crippen molar-refractivity contribution in [2.24, 2.45) is 0 Å². The summed E-state index contributed by atoms with van der Waals surface area (Å²) in [5.41, 5.74) is 7.28. The molecule has 0 unspecified atom stereocenters. The van der Waals surface area contributed by atoms with Gasteiger partial charge in [0.05, 0.1) is 11.3 Å². The number of nitrogens with zero attached hydrogens (tertiary/aromatic N) is 1. The summed E-state index contributed by atoms with van der Waals surface area (Å²) >= 11 is 0. The Morgan fingerprint density at radius 3 is 2.67 bits per heavy atom. The highest BCUT2D eigenvalue weighted by molar-refractivity contribution is 5.95. The summed E-state index contributed by atoms with van der Waals surface area (Å²) in [6, 6.07) is 5.63. The Hall–Kier alpha value is -1.71. The van der Waals surface area contributed by atoms with Gasteiger partial charge < -0.3 is 15.7 Å². The highest BCUT2D eigenvalue weighted by Gasteiger charge is 2.24. The average Bonchev–Trinajstić information content (AvgIpc) is 2.85. The predicted molar refractivity (Wildman–Crippen MR) is 73.1 cm³/mol. The number of carbonyl (C=O) groups is 1. The van der Waals surface area contributed by atoms with Gasteiger partial charge in [-0.2, -0.15) is 0 Å². The molecule has 1 aromatic carbocycles. The quantitative estimate of drug-likeness (QED) is 0.804. The first-order valence-electron chi connectivity index (χ1n) is 6.53. The van der Waals surface area contributed by atoms with Crippen molar-refractivity contribution in [1.29, 1.82) is 0 Å². The van der Waals surface area contributed by atoms with E-state index in [9.17, 15) is 9.90 Å². The summed E-state index contributed by atoms with van der Waals surface area (Å²) < 4.78 is 0. The third kappa shape index (κ3) is 2.42. The van der Waals surface area contributed by atoms with Crippen LogP contribution in [0.2, 0.25) is 0 Å². The molecule has 1 aliphatic rings. The normalized spacial score (nSPS) is 15.8. The highest BCUT2D eigenvalue weighted by atomic mass is 16.4. The van der Waals surface area contributed by atoms with Gasteiger partial charge in [-0.3, -0.25) is 0 Å². The molecule has 0 atom stereocenters. The van der Waals surface area contributed by atoms with Crippen molar-refractivity contribution < 1.29 is 9.90 Å². The Balaban J connectivity index is 2.37. The third-order valence-corrected chi connectivity index (χ3v) is 3.67. The van der Waals surface area contributed by atoms with E-state index < -0.39 is 5.97 Å². The van der Waals surface area contributed by atoms with Gasteiger partial charge in [-0.15, -0.1) is 0 Å². The van der Waals surface area contributed by atoms with Crippen LogP contribution in [0.4, 0.5) is 11.4 Å². The second-order valence-corrected chi connectivity index (χ2v) is 4.81. The van der Waals surface area contributed by atoms with Crippen LogP contribution >= 0.6 is 0 Å². The van der Waals surface area contributed by atoms with Crippen LogP contribution in [0.15, 0.2) is 18.2 Å². The average molecular weight is 248 g/mol. The summed E-state index contributed by atoms with van der Waals surface area (Å²) in [7, 11) is 0. The first-order chi connectivity index (χ1) is 8.63. The van der Waals surface area contributed by atoms with Crippen LogP contribution in [0.5, 0.6) is 0 Å². The van der Waals surface area contributed by atoms with Crippen molar-refractivity contribution in [3.8, 4) is 0 Å². The number of hydrogen-bond donors (Lipinski definition) is 2. The summed E-state index contributed by atoms with van der Waals surface area (Å²) in [5, 5.41) is 9.30. The third-order valence-electron chi connectivity index (χ3n) is 3.67. The summed E-state index contributed by atoms with van der Waals surface area (Å²) in [6.45, 7) is 2.90. The molecule has 0 radical (unpaired) electrons. The molecular weight excluding hydrogens is 228 g/mol. The number of rotatable bonds is 4. The van der Waals surface area contributed by atoms with E-state index in [1.165, 1.54) is 12.8 Å². The van der Waals surface area contributed by atoms with E-state index in [0.29, 0.717) is 17.3 Å². The van der Waals surface area contributed by atoms with Crippen LogP contribution in [-0.2, 0) is 0 Å². The number of aromatic carboxylic acids is 1. The van der Waals surface area contributed by atoms with Gasteiger partial charge in [-0.1, -0.05) is 12.8 Å². The molecule has 0 saturated heterocycles. The molecule has 0 aromatic heterocycles. The molecule has 2 rings (SSSR count). The highest BCUT2D eigenvalue weighted by Crippen LogP contribution is 2.31. The Morgan fingerprint density at radius 1 is 1.44 bits per heavy atom. The largest absolute Gasteiger partial charge is 0.478 e. The van der Waals surface area contributed by atoms with Crippen molar-refractivity contribution in [1.82, 2.24) is 0 Å². The second-order valence-electron chi connectivity index (χ2n) is 4.81. The molecule has 18 heavy (non-hydrogen) atoms. The minimum absolute atomic E-state index is 0.309. The molecule has 1 fully saturated rings. The number of carboxylic acids is 1. The van der Waals surface area contributed by atoms with Gasteiger partial charge in [-0.05, 0) is 38.0 Å². The molecule has 1 aromatic rings. The van der Waals surface area contributed by atoms with Crippen molar-refractivity contribution in [3.05, 3.63) is 23.8 Å².